The number of amides is 1. The molecule has 7 nitrogen and oxygen atoms in total. The topological polar surface area (TPSA) is 98.3 Å². The lowest BCUT2D eigenvalue weighted by Crippen LogP contribution is -2.30. The SMILES string of the molecule is CN(C)C(c1ccccc1)c1nc(C(=O)NCc2ccccc2)c(O)c(=O)[nH]1. The molecule has 0 bridgehead atoms. The summed E-state index contributed by atoms with van der Waals surface area (Å²) in [4.78, 5) is 33.6. The zero-order valence-corrected chi connectivity index (χ0v) is 15.7. The summed E-state index contributed by atoms with van der Waals surface area (Å²) < 4.78 is 0. The van der Waals surface area contributed by atoms with Gasteiger partial charge in [-0.05, 0) is 25.2 Å². The second-order valence-electron chi connectivity index (χ2n) is 6.59. The number of aromatic nitrogens is 2. The molecule has 0 fully saturated rings. The fourth-order valence-electron chi connectivity index (χ4n) is 2.97. The van der Waals surface area contributed by atoms with Crippen molar-refractivity contribution in [2.24, 2.45) is 0 Å². The van der Waals surface area contributed by atoms with E-state index in [1.807, 2.05) is 79.7 Å². The van der Waals surface area contributed by atoms with Gasteiger partial charge in [-0.15, -0.1) is 0 Å². The van der Waals surface area contributed by atoms with E-state index in [1.54, 1.807) is 0 Å². The Hall–Kier alpha value is -3.45. The Bertz CT molecular complexity index is 1000. The molecule has 0 saturated carbocycles. The molecule has 1 unspecified atom stereocenters. The number of aromatic hydroxyl groups is 1. The van der Waals surface area contributed by atoms with Crippen molar-refractivity contribution in [3.63, 3.8) is 0 Å². The second kappa shape index (κ2) is 8.49. The van der Waals surface area contributed by atoms with Crippen molar-refractivity contribution < 1.29 is 9.90 Å². The van der Waals surface area contributed by atoms with E-state index < -0.39 is 17.2 Å². The normalized spacial score (nSPS) is 12.0. The third kappa shape index (κ3) is 4.27. The summed E-state index contributed by atoms with van der Waals surface area (Å²) in [6.45, 7) is 0.263. The Morgan fingerprint density at radius 1 is 1.11 bits per heavy atom. The molecule has 2 aromatic carbocycles. The number of carbonyl (C=O) groups excluding carboxylic acids is 1. The number of rotatable bonds is 6. The van der Waals surface area contributed by atoms with Crippen LogP contribution in [0, 0.1) is 0 Å². The standard InChI is InChI=1S/C21H22N4O3/c1-25(2)17(15-11-7-4-8-12-15)19-23-16(18(26)21(28)24-19)20(27)22-13-14-9-5-3-6-10-14/h3-12,17,26H,13H2,1-2H3,(H,22,27)(H,23,24,28). The molecule has 0 radical (unpaired) electrons. The van der Waals surface area contributed by atoms with Crippen molar-refractivity contribution in [3.8, 4) is 5.75 Å². The maximum absolute atomic E-state index is 12.6. The zero-order chi connectivity index (χ0) is 20.1. The molecule has 0 aliphatic rings. The van der Waals surface area contributed by atoms with Crippen LogP contribution in [0.3, 0.4) is 0 Å². The first-order valence-corrected chi connectivity index (χ1v) is 8.84. The van der Waals surface area contributed by atoms with Crippen LogP contribution < -0.4 is 10.9 Å². The highest BCUT2D eigenvalue weighted by molar-refractivity contribution is 5.94. The Labute approximate surface area is 162 Å². The van der Waals surface area contributed by atoms with Crippen LogP contribution in [0.15, 0.2) is 65.5 Å². The maximum atomic E-state index is 12.6. The summed E-state index contributed by atoms with van der Waals surface area (Å²) in [5.74, 6) is -1.02. The second-order valence-corrected chi connectivity index (χ2v) is 6.59. The third-order valence-corrected chi connectivity index (χ3v) is 4.31. The van der Waals surface area contributed by atoms with Gasteiger partial charge in [0.25, 0.3) is 11.5 Å². The lowest BCUT2D eigenvalue weighted by atomic mass is 10.1. The number of nitrogens with zero attached hydrogens (tertiary/aromatic N) is 2. The van der Waals surface area contributed by atoms with Gasteiger partial charge >= 0.3 is 0 Å². The number of benzene rings is 2. The Balaban J connectivity index is 1.93. The summed E-state index contributed by atoms with van der Waals surface area (Å²) in [6.07, 6.45) is 0. The number of nitrogens with one attached hydrogen (secondary N) is 2. The lowest BCUT2D eigenvalue weighted by Gasteiger charge is -2.24. The minimum absolute atomic E-state index is 0.263. The molecule has 1 atom stereocenters. The molecule has 7 heteroatoms. The van der Waals surface area contributed by atoms with Gasteiger partial charge in [0.1, 0.15) is 5.82 Å². The van der Waals surface area contributed by atoms with Crippen LogP contribution in [-0.4, -0.2) is 40.0 Å². The molecule has 28 heavy (non-hydrogen) atoms. The smallest absolute Gasteiger partial charge is 0.293 e. The maximum Gasteiger partial charge on any atom is 0.293 e. The van der Waals surface area contributed by atoms with Gasteiger partial charge in [-0.3, -0.25) is 14.5 Å². The molecule has 0 spiro atoms. The van der Waals surface area contributed by atoms with Gasteiger partial charge in [0, 0.05) is 6.54 Å². The minimum atomic E-state index is -0.752. The molecular weight excluding hydrogens is 356 g/mol. The minimum Gasteiger partial charge on any atom is -0.501 e. The predicted octanol–water partition coefficient (Wildman–Crippen LogP) is 2.06. The highest BCUT2D eigenvalue weighted by Gasteiger charge is 2.24. The summed E-state index contributed by atoms with van der Waals surface area (Å²) >= 11 is 0. The van der Waals surface area contributed by atoms with Crippen molar-refractivity contribution in [1.82, 2.24) is 20.2 Å². The Kier molecular flexibility index (Phi) is 5.86. The molecule has 144 valence electrons. The number of carbonyl (C=O) groups is 1. The zero-order valence-electron chi connectivity index (χ0n) is 15.7. The molecule has 0 aliphatic heterocycles. The molecule has 3 rings (SSSR count). The van der Waals surface area contributed by atoms with Crippen LogP contribution in [0.4, 0.5) is 0 Å². The molecule has 1 heterocycles. The highest BCUT2D eigenvalue weighted by atomic mass is 16.3. The van der Waals surface area contributed by atoms with Crippen LogP contribution in [-0.2, 0) is 6.54 Å². The summed E-state index contributed by atoms with van der Waals surface area (Å²) in [6, 6.07) is 18.5. The molecular formula is C21H22N4O3. The van der Waals surface area contributed by atoms with E-state index in [4.69, 9.17) is 0 Å². The van der Waals surface area contributed by atoms with Gasteiger partial charge in [0.2, 0.25) is 5.75 Å². The van der Waals surface area contributed by atoms with Crippen LogP contribution in [0.1, 0.15) is 33.5 Å². The van der Waals surface area contributed by atoms with Crippen molar-refractivity contribution >= 4 is 5.91 Å². The van der Waals surface area contributed by atoms with Crippen molar-refractivity contribution in [3.05, 3.63) is 93.7 Å². The van der Waals surface area contributed by atoms with E-state index >= 15 is 0 Å². The van der Waals surface area contributed by atoms with E-state index in [1.165, 1.54) is 0 Å². The van der Waals surface area contributed by atoms with Gasteiger partial charge < -0.3 is 15.4 Å². The molecule has 1 aromatic heterocycles. The molecule has 0 saturated heterocycles. The third-order valence-electron chi connectivity index (χ3n) is 4.31. The summed E-state index contributed by atoms with van der Waals surface area (Å²) in [5, 5.41) is 12.8. The van der Waals surface area contributed by atoms with E-state index in [0.29, 0.717) is 0 Å². The van der Waals surface area contributed by atoms with Crippen LogP contribution >= 0.6 is 0 Å². The van der Waals surface area contributed by atoms with E-state index in [-0.39, 0.29) is 24.1 Å². The van der Waals surface area contributed by atoms with Gasteiger partial charge in [-0.25, -0.2) is 4.98 Å². The summed E-state index contributed by atoms with van der Waals surface area (Å²) in [5.41, 5.74) is 0.753. The number of H-pyrrole nitrogens is 1. The molecule has 3 N–H and O–H groups in total. The van der Waals surface area contributed by atoms with Gasteiger partial charge in [-0.2, -0.15) is 0 Å². The average Bonchev–Trinajstić information content (AvgIpc) is 2.70. The van der Waals surface area contributed by atoms with Gasteiger partial charge in [0.15, 0.2) is 5.69 Å². The highest BCUT2D eigenvalue weighted by Crippen LogP contribution is 2.24. The van der Waals surface area contributed by atoms with Crippen LogP contribution in [0.2, 0.25) is 0 Å². The fourth-order valence-corrected chi connectivity index (χ4v) is 2.97. The lowest BCUT2D eigenvalue weighted by molar-refractivity contribution is 0.0941. The average molecular weight is 378 g/mol. The van der Waals surface area contributed by atoms with Gasteiger partial charge in [-0.1, -0.05) is 60.7 Å². The summed E-state index contributed by atoms with van der Waals surface area (Å²) in [7, 11) is 3.69. The number of aromatic amines is 1. The van der Waals surface area contributed by atoms with E-state index in [0.717, 1.165) is 11.1 Å². The van der Waals surface area contributed by atoms with Crippen LogP contribution in [0.25, 0.3) is 0 Å². The quantitative estimate of drug-likeness (QED) is 0.610. The van der Waals surface area contributed by atoms with Gasteiger partial charge in [0.05, 0.1) is 6.04 Å². The first-order valence-electron chi connectivity index (χ1n) is 8.84. The first-order chi connectivity index (χ1) is 13.5. The monoisotopic (exact) mass is 378 g/mol. The molecule has 1 amide bonds. The van der Waals surface area contributed by atoms with Crippen LogP contribution in [0.5, 0.6) is 5.75 Å². The fraction of sp³-hybridized carbons (Fsp3) is 0.190. The Morgan fingerprint density at radius 2 is 1.71 bits per heavy atom. The van der Waals surface area contributed by atoms with Crippen molar-refractivity contribution in [1.29, 1.82) is 0 Å². The predicted molar refractivity (Wildman–Crippen MR) is 106 cm³/mol. The number of hydrogen-bond acceptors (Lipinski definition) is 5. The van der Waals surface area contributed by atoms with Crippen molar-refractivity contribution in [2.45, 2.75) is 12.6 Å². The number of hydrogen-bond donors (Lipinski definition) is 3. The van der Waals surface area contributed by atoms with E-state index in [2.05, 4.69) is 15.3 Å². The Morgan fingerprint density at radius 3 is 2.32 bits per heavy atom. The molecule has 0 aliphatic carbocycles. The van der Waals surface area contributed by atoms with Crippen molar-refractivity contribution in [2.75, 3.05) is 14.1 Å². The largest absolute Gasteiger partial charge is 0.501 e. The van der Waals surface area contributed by atoms with E-state index in [9.17, 15) is 14.7 Å². The molecule has 3 aromatic rings. The first kappa shape index (κ1) is 19.3.